The van der Waals surface area contributed by atoms with Crippen molar-refractivity contribution in [2.75, 3.05) is 6.26 Å². The Bertz CT molecular complexity index is 590. The summed E-state index contributed by atoms with van der Waals surface area (Å²) in [5.74, 6) is 0. The highest BCUT2D eigenvalue weighted by atomic mass is 32.2. The quantitative estimate of drug-likeness (QED) is 0.909. The van der Waals surface area contributed by atoms with Crippen molar-refractivity contribution in [2.45, 2.75) is 18.0 Å². The lowest BCUT2D eigenvalue weighted by molar-refractivity contribution is 0.602. The average molecular weight is 282 g/mol. The molecule has 2 rings (SSSR count). The highest BCUT2D eigenvalue weighted by Gasteiger charge is 2.05. The zero-order chi connectivity index (χ0) is 13.0. The van der Waals surface area contributed by atoms with E-state index >= 15 is 0 Å². The van der Waals surface area contributed by atoms with Crippen molar-refractivity contribution in [1.82, 2.24) is 10.3 Å². The second kappa shape index (κ2) is 5.60. The summed E-state index contributed by atoms with van der Waals surface area (Å²) in [6.45, 7) is 1.49. The summed E-state index contributed by atoms with van der Waals surface area (Å²) in [6.07, 6.45) is 3.05. The maximum absolute atomic E-state index is 11.3. The molecule has 0 atom stereocenters. The number of nitrogens with zero attached hydrogens (tertiary/aromatic N) is 1. The zero-order valence-electron chi connectivity index (χ0n) is 9.96. The number of nitrogens with one attached hydrogen (secondary N) is 1. The predicted octanol–water partition coefficient (Wildman–Crippen LogP) is 1.84. The third-order valence-electron chi connectivity index (χ3n) is 2.46. The number of rotatable bonds is 5. The fourth-order valence-electron chi connectivity index (χ4n) is 1.51. The average Bonchev–Trinajstić information content (AvgIpc) is 2.82. The molecule has 0 radical (unpaired) electrons. The van der Waals surface area contributed by atoms with Gasteiger partial charge < -0.3 is 5.32 Å². The van der Waals surface area contributed by atoms with Gasteiger partial charge in [0.15, 0.2) is 9.84 Å². The van der Waals surface area contributed by atoms with E-state index in [1.807, 2.05) is 18.3 Å². The first-order valence-electron chi connectivity index (χ1n) is 5.43. The molecule has 4 nitrogen and oxygen atoms in total. The molecule has 1 heterocycles. The summed E-state index contributed by atoms with van der Waals surface area (Å²) < 4.78 is 22.6. The fraction of sp³-hybridized carbons (Fsp3) is 0.250. The van der Waals surface area contributed by atoms with E-state index in [4.69, 9.17) is 0 Å². The van der Waals surface area contributed by atoms with Crippen LogP contribution in [0.3, 0.4) is 0 Å². The van der Waals surface area contributed by atoms with Gasteiger partial charge in [-0.15, -0.1) is 11.3 Å². The Kier molecular flexibility index (Phi) is 4.11. The first kappa shape index (κ1) is 13.2. The molecule has 0 aliphatic rings. The van der Waals surface area contributed by atoms with Crippen LogP contribution in [0.1, 0.15) is 10.4 Å². The summed E-state index contributed by atoms with van der Waals surface area (Å²) >= 11 is 1.61. The van der Waals surface area contributed by atoms with E-state index in [1.54, 1.807) is 29.0 Å². The van der Waals surface area contributed by atoms with Gasteiger partial charge in [-0.2, -0.15) is 0 Å². The summed E-state index contributed by atoms with van der Waals surface area (Å²) in [7, 11) is -3.10. The van der Waals surface area contributed by atoms with Crippen molar-refractivity contribution in [3.8, 4) is 0 Å². The number of aromatic nitrogens is 1. The molecule has 0 aliphatic carbocycles. The smallest absolute Gasteiger partial charge is 0.175 e. The van der Waals surface area contributed by atoms with Crippen molar-refractivity contribution in [3.05, 3.63) is 46.4 Å². The van der Waals surface area contributed by atoms with Gasteiger partial charge in [0.25, 0.3) is 0 Å². The maximum Gasteiger partial charge on any atom is 0.175 e. The Labute approximate surface area is 111 Å². The first-order chi connectivity index (χ1) is 8.55. The Balaban J connectivity index is 1.91. The maximum atomic E-state index is 11.3. The van der Waals surface area contributed by atoms with Crippen molar-refractivity contribution in [2.24, 2.45) is 0 Å². The lowest BCUT2D eigenvalue weighted by Gasteiger charge is -2.04. The molecule has 0 spiro atoms. The molecule has 0 fully saturated rings. The molecule has 0 amide bonds. The van der Waals surface area contributed by atoms with Gasteiger partial charge in [0, 0.05) is 30.4 Å². The Morgan fingerprint density at radius 2 is 1.94 bits per heavy atom. The van der Waals surface area contributed by atoms with E-state index in [1.165, 1.54) is 11.1 Å². The third-order valence-corrected chi connectivity index (χ3v) is 4.37. The Hall–Kier alpha value is -1.24. The summed E-state index contributed by atoms with van der Waals surface area (Å²) in [4.78, 5) is 5.54. The summed E-state index contributed by atoms with van der Waals surface area (Å²) in [6, 6.07) is 6.93. The molecule has 0 saturated heterocycles. The fourth-order valence-corrected chi connectivity index (χ4v) is 2.71. The van der Waals surface area contributed by atoms with Crippen LogP contribution in [0.4, 0.5) is 0 Å². The van der Waals surface area contributed by atoms with Crippen LogP contribution in [-0.2, 0) is 22.9 Å². The summed E-state index contributed by atoms with van der Waals surface area (Å²) in [5, 5.41) is 3.28. The van der Waals surface area contributed by atoms with E-state index in [-0.39, 0.29) is 0 Å². The van der Waals surface area contributed by atoms with E-state index < -0.39 is 9.84 Å². The lowest BCUT2D eigenvalue weighted by atomic mass is 10.2. The third kappa shape index (κ3) is 3.63. The van der Waals surface area contributed by atoms with Gasteiger partial charge in [-0.3, -0.25) is 4.98 Å². The normalized spacial score (nSPS) is 11.6. The molecule has 2 aromatic rings. The van der Waals surface area contributed by atoms with E-state index in [0.717, 1.165) is 12.1 Å². The Morgan fingerprint density at radius 3 is 2.50 bits per heavy atom. The van der Waals surface area contributed by atoms with Crippen LogP contribution in [0.2, 0.25) is 0 Å². The van der Waals surface area contributed by atoms with E-state index in [0.29, 0.717) is 11.4 Å². The molecular formula is C12H14N2O2S2. The molecular weight excluding hydrogens is 268 g/mol. The molecule has 6 heteroatoms. The number of benzene rings is 1. The second-order valence-corrected chi connectivity index (χ2v) is 6.97. The van der Waals surface area contributed by atoms with Crippen molar-refractivity contribution in [1.29, 1.82) is 0 Å². The van der Waals surface area contributed by atoms with Crippen molar-refractivity contribution in [3.63, 3.8) is 0 Å². The number of hydrogen-bond acceptors (Lipinski definition) is 5. The number of hydrogen-bond donors (Lipinski definition) is 1. The lowest BCUT2D eigenvalue weighted by Crippen LogP contribution is -2.11. The van der Waals surface area contributed by atoms with Gasteiger partial charge in [-0.05, 0) is 17.7 Å². The van der Waals surface area contributed by atoms with Crippen LogP contribution >= 0.6 is 11.3 Å². The van der Waals surface area contributed by atoms with Crippen LogP contribution in [-0.4, -0.2) is 19.7 Å². The van der Waals surface area contributed by atoms with Gasteiger partial charge in [-0.1, -0.05) is 12.1 Å². The van der Waals surface area contributed by atoms with Gasteiger partial charge in [0.2, 0.25) is 0 Å². The molecule has 1 N–H and O–H groups in total. The Morgan fingerprint density at radius 1 is 1.22 bits per heavy atom. The highest BCUT2D eigenvalue weighted by molar-refractivity contribution is 7.90. The van der Waals surface area contributed by atoms with Gasteiger partial charge in [0.1, 0.15) is 0 Å². The van der Waals surface area contributed by atoms with Crippen LogP contribution in [0.15, 0.2) is 40.9 Å². The molecule has 1 aromatic carbocycles. The van der Waals surface area contributed by atoms with Crippen molar-refractivity contribution < 1.29 is 8.42 Å². The minimum atomic E-state index is -3.10. The summed E-state index contributed by atoms with van der Waals surface area (Å²) in [5.41, 5.74) is 2.87. The van der Waals surface area contributed by atoms with Crippen LogP contribution < -0.4 is 5.32 Å². The van der Waals surface area contributed by atoms with Gasteiger partial charge >= 0.3 is 0 Å². The number of thiazole rings is 1. The van der Waals surface area contributed by atoms with Crippen LogP contribution in [0.25, 0.3) is 0 Å². The first-order valence-corrected chi connectivity index (χ1v) is 8.20. The van der Waals surface area contributed by atoms with Crippen LogP contribution in [0.5, 0.6) is 0 Å². The molecule has 18 heavy (non-hydrogen) atoms. The minimum absolute atomic E-state index is 0.355. The van der Waals surface area contributed by atoms with Crippen molar-refractivity contribution >= 4 is 21.2 Å². The molecule has 0 bridgehead atoms. The van der Waals surface area contributed by atoms with E-state index in [2.05, 4.69) is 10.3 Å². The molecule has 96 valence electrons. The standard InChI is InChI=1S/C12H14N2O2S2/c1-18(15,16)12-4-2-10(3-5-12)6-13-7-11-8-14-9-17-11/h2-5,8-9,13H,6-7H2,1H3. The minimum Gasteiger partial charge on any atom is -0.308 e. The van der Waals surface area contributed by atoms with Gasteiger partial charge in [0.05, 0.1) is 10.4 Å². The molecule has 0 saturated carbocycles. The predicted molar refractivity (Wildman–Crippen MR) is 72.2 cm³/mol. The number of sulfone groups is 1. The SMILES string of the molecule is CS(=O)(=O)c1ccc(CNCc2cncs2)cc1. The van der Waals surface area contributed by atoms with Gasteiger partial charge in [-0.25, -0.2) is 8.42 Å². The second-order valence-electron chi connectivity index (χ2n) is 3.99. The largest absolute Gasteiger partial charge is 0.308 e. The topological polar surface area (TPSA) is 59.1 Å². The monoisotopic (exact) mass is 282 g/mol. The van der Waals surface area contributed by atoms with E-state index in [9.17, 15) is 8.42 Å². The highest BCUT2D eigenvalue weighted by Crippen LogP contribution is 2.10. The molecule has 1 aromatic heterocycles. The molecule has 0 aliphatic heterocycles. The molecule has 0 unspecified atom stereocenters. The van der Waals surface area contributed by atoms with Crippen LogP contribution in [0, 0.1) is 0 Å². The zero-order valence-corrected chi connectivity index (χ0v) is 11.6.